The fourth-order valence-corrected chi connectivity index (χ4v) is 5.39. The Bertz CT molecular complexity index is 1080. The van der Waals surface area contributed by atoms with Gasteiger partial charge >= 0.3 is 0 Å². The van der Waals surface area contributed by atoms with Gasteiger partial charge in [-0.3, -0.25) is 9.29 Å². The highest BCUT2D eigenvalue weighted by Gasteiger charge is 2.49. The van der Waals surface area contributed by atoms with Crippen LogP contribution in [0.5, 0.6) is 0 Å². The molecule has 0 radical (unpaired) electrons. The normalized spacial score (nSPS) is 21.5. The maximum Gasteiger partial charge on any atom is 0.240 e. The van der Waals surface area contributed by atoms with E-state index in [-0.39, 0.29) is 29.3 Å². The Hall–Kier alpha value is -1.86. The fourth-order valence-electron chi connectivity index (χ4n) is 4.20. The van der Waals surface area contributed by atoms with E-state index in [1.165, 1.54) is 12.4 Å². The summed E-state index contributed by atoms with van der Waals surface area (Å²) in [5.74, 6) is 1.17. The SMILES string of the molecule is COCC1(n2c(NS(=O)(=O)[C@@H](C)[C@@H](OC(C)C)c3ncc(Cl)cn3)nnc2[C@@H]2CCOC2)CC1. The summed E-state index contributed by atoms with van der Waals surface area (Å²) in [6, 6.07) is 0. The first kappa shape index (κ1) is 25.2. The lowest BCUT2D eigenvalue weighted by Gasteiger charge is -2.26. The molecule has 0 spiro atoms. The molecule has 3 atom stereocenters. The molecule has 4 rings (SSSR count). The molecule has 188 valence electrons. The number of aromatic nitrogens is 5. The van der Waals surface area contributed by atoms with Crippen LogP contribution >= 0.6 is 11.6 Å². The second-order valence-corrected chi connectivity index (χ2v) is 11.6. The minimum atomic E-state index is -3.98. The van der Waals surface area contributed by atoms with Gasteiger partial charge in [-0.15, -0.1) is 10.2 Å². The minimum Gasteiger partial charge on any atom is -0.382 e. The van der Waals surface area contributed by atoms with Crippen LogP contribution in [-0.4, -0.2) is 71.4 Å². The van der Waals surface area contributed by atoms with Crippen LogP contribution in [0.2, 0.25) is 5.02 Å². The molecule has 0 aromatic carbocycles. The lowest BCUT2D eigenvalue weighted by Crippen LogP contribution is -2.36. The second kappa shape index (κ2) is 10.0. The number of hydrogen-bond acceptors (Lipinski definition) is 9. The van der Waals surface area contributed by atoms with Crippen molar-refractivity contribution < 1.29 is 22.6 Å². The second-order valence-electron chi connectivity index (χ2n) is 9.15. The number of sulfonamides is 1. The maximum absolute atomic E-state index is 13.5. The van der Waals surface area contributed by atoms with E-state index in [1.54, 1.807) is 14.0 Å². The zero-order valence-corrected chi connectivity index (χ0v) is 21.3. The summed E-state index contributed by atoms with van der Waals surface area (Å²) in [5, 5.41) is 7.94. The van der Waals surface area contributed by atoms with E-state index in [0.717, 1.165) is 19.3 Å². The average Bonchev–Trinajstić information content (AvgIpc) is 3.18. The van der Waals surface area contributed by atoms with Gasteiger partial charge in [-0.25, -0.2) is 18.4 Å². The topological polar surface area (TPSA) is 130 Å². The number of rotatable bonds is 11. The van der Waals surface area contributed by atoms with E-state index in [4.69, 9.17) is 25.8 Å². The van der Waals surface area contributed by atoms with Gasteiger partial charge in [-0.1, -0.05) is 11.6 Å². The molecule has 34 heavy (non-hydrogen) atoms. The highest BCUT2D eigenvalue weighted by Crippen LogP contribution is 2.47. The fraction of sp³-hybridized carbons (Fsp3) is 0.714. The molecule has 0 bridgehead atoms. The molecule has 2 aromatic heterocycles. The summed E-state index contributed by atoms with van der Waals surface area (Å²) in [6.45, 7) is 6.81. The van der Waals surface area contributed by atoms with Crippen LogP contribution in [0.3, 0.4) is 0 Å². The predicted molar refractivity (Wildman–Crippen MR) is 125 cm³/mol. The Balaban J connectivity index is 1.66. The van der Waals surface area contributed by atoms with Gasteiger partial charge in [0.1, 0.15) is 17.2 Å². The van der Waals surface area contributed by atoms with Crippen LogP contribution in [0.15, 0.2) is 12.4 Å². The van der Waals surface area contributed by atoms with E-state index in [1.807, 2.05) is 18.4 Å². The summed E-state index contributed by atoms with van der Waals surface area (Å²) < 4.78 is 48.6. The first-order valence-electron chi connectivity index (χ1n) is 11.3. The van der Waals surface area contributed by atoms with Crippen LogP contribution in [0.4, 0.5) is 5.95 Å². The monoisotopic (exact) mass is 514 g/mol. The van der Waals surface area contributed by atoms with Crippen molar-refractivity contribution in [3.05, 3.63) is 29.1 Å². The van der Waals surface area contributed by atoms with E-state index >= 15 is 0 Å². The Morgan fingerprint density at radius 2 is 1.97 bits per heavy atom. The van der Waals surface area contributed by atoms with Crippen LogP contribution in [0.1, 0.15) is 63.7 Å². The highest BCUT2D eigenvalue weighted by atomic mass is 35.5. The lowest BCUT2D eigenvalue weighted by molar-refractivity contribution is 0.00154. The third kappa shape index (κ3) is 5.20. The third-order valence-corrected chi connectivity index (χ3v) is 8.05. The summed E-state index contributed by atoms with van der Waals surface area (Å²) >= 11 is 5.91. The molecule has 2 fully saturated rings. The van der Waals surface area contributed by atoms with Crippen molar-refractivity contribution >= 4 is 27.6 Å². The van der Waals surface area contributed by atoms with Gasteiger partial charge in [0.25, 0.3) is 0 Å². The van der Waals surface area contributed by atoms with E-state index in [9.17, 15) is 8.42 Å². The van der Waals surface area contributed by atoms with Gasteiger partial charge < -0.3 is 14.2 Å². The summed E-state index contributed by atoms with van der Waals surface area (Å²) in [5.41, 5.74) is -0.371. The van der Waals surface area contributed by atoms with Crippen molar-refractivity contribution in [1.29, 1.82) is 0 Å². The predicted octanol–water partition coefficient (Wildman–Crippen LogP) is 2.66. The molecule has 11 nitrogen and oxygen atoms in total. The summed E-state index contributed by atoms with van der Waals surface area (Å²) in [4.78, 5) is 8.39. The first-order valence-corrected chi connectivity index (χ1v) is 13.3. The molecule has 2 aliphatic rings. The minimum absolute atomic E-state index is 0.0528. The zero-order chi connectivity index (χ0) is 24.5. The van der Waals surface area contributed by atoms with Gasteiger partial charge in [0, 0.05) is 32.0 Å². The summed E-state index contributed by atoms with van der Waals surface area (Å²) in [6.07, 6.45) is 4.17. The first-order chi connectivity index (χ1) is 16.2. The van der Waals surface area contributed by atoms with Gasteiger partial charge in [-0.2, -0.15) is 0 Å². The van der Waals surface area contributed by atoms with Crippen LogP contribution in [0.25, 0.3) is 0 Å². The molecule has 2 aromatic rings. The number of nitrogens with one attached hydrogen (secondary N) is 1. The quantitative estimate of drug-likeness (QED) is 0.480. The lowest BCUT2D eigenvalue weighted by atomic mass is 10.1. The van der Waals surface area contributed by atoms with Crippen molar-refractivity contribution in [2.24, 2.45) is 0 Å². The van der Waals surface area contributed by atoms with E-state index in [2.05, 4.69) is 24.9 Å². The Morgan fingerprint density at radius 1 is 1.26 bits per heavy atom. The smallest absolute Gasteiger partial charge is 0.240 e. The van der Waals surface area contributed by atoms with Crippen molar-refractivity contribution in [1.82, 2.24) is 24.7 Å². The Labute approximate surface area is 204 Å². The van der Waals surface area contributed by atoms with Crippen molar-refractivity contribution in [2.75, 3.05) is 31.7 Å². The Morgan fingerprint density at radius 3 is 2.53 bits per heavy atom. The molecule has 1 saturated heterocycles. The number of halogens is 1. The Kier molecular flexibility index (Phi) is 7.44. The number of anilines is 1. The summed E-state index contributed by atoms with van der Waals surface area (Å²) in [7, 11) is -2.35. The number of hydrogen-bond donors (Lipinski definition) is 1. The molecule has 1 saturated carbocycles. The molecule has 13 heteroatoms. The standard InChI is InChI=1S/C21H31ClN6O5S/c1-13(2)33-17(18-23-9-16(22)10-24-18)14(3)34(29,30)27-20-26-25-19(15-5-8-32-11-15)28(20)21(6-7-21)12-31-4/h9-10,13-15,17H,5-8,11-12H2,1-4H3,(H,26,27)/t14-,15+,17+/m0/s1. The third-order valence-electron chi connectivity index (χ3n) is 6.16. The van der Waals surface area contributed by atoms with Crippen LogP contribution < -0.4 is 4.72 Å². The van der Waals surface area contributed by atoms with Gasteiger partial charge in [0.2, 0.25) is 16.0 Å². The molecule has 1 aliphatic carbocycles. The average molecular weight is 515 g/mol. The van der Waals surface area contributed by atoms with Crippen molar-refractivity contribution in [3.8, 4) is 0 Å². The number of nitrogens with zero attached hydrogens (tertiary/aromatic N) is 5. The largest absolute Gasteiger partial charge is 0.382 e. The highest BCUT2D eigenvalue weighted by molar-refractivity contribution is 7.93. The zero-order valence-electron chi connectivity index (χ0n) is 19.8. The molecule has 1 N–H and O–H groups in total. The number of methoxy groups -OCH3 is 1. The van der Waals surface area contributed by atoms with Crippen LogP contribution in [-0.2, 0) is 29.8 Å². The van der Waals surface area contributed by atoms with Crippen molar-refractivity contribution in [2.45, 2.75) is 68.9 Å². The molecule has 0 amide bonds. The van der Waals surface area contributed by atoms with Gasteiger partial charge in [0.15, 0.2) is 5.82 Å². The van der Waals surface area contributed by atoms with Crippen molar-refractivity contribution in [3.63, 3.8) is 0 Å². The maximum atomic E-state index is 13.5. The van der Waals surface area contributed by atoms with E-state index in [0.29, 0.717) is 30.7 Å². The molecular weight excluding hydrogens is 484 g/mol. The van der Waals surface area contributed by atoms with Crippen LogP contribution in [0, 0.1) is 0 Å². The molecular formula is C21H31ClN6O5S. The van der Waals surface area contributed by atoms with Gasteiger partial charge in [-0.05, 0) is 40.0 Å². The van der Waals surface area contributed by atoms with E-state index < -0.39 is 21.4 Å². The molecule has 3 heterocycles. The van der Waals surface area contributed by atoms with Gasteiger partial charge in [0.05, 0.1) is 29.9 Å². The molecule has 0 unspecified atom stereocenters. The number of ether oxygens (including phenoxy) is 3. The molecule has 1 aliphatic heterocycles.